The lowest BCUT2D eigenvalue weighted by Crippen LogP contribution is -2.02. The van der Waals surface area contributed by atoms with E-state index in [1.165, 1.54) is 12.3 Å². The zero-order valence-corrected chi connectivity index (χ0v) is 16.6. The first kappa shape index (κ1) is 19.6. The Kier molecular flexibility index (Phi) is 4.99. The maximum absolute atomic E-state index is 14.8. The van der Waals surface area contributed by atoms with E-state index in [-0.39, 0.29) is 17.6 Å². The smallest absolute Gasteiger partial charge is 0.229 e. The largest absolute Gasteiger partial charge is 0.356 e. The highest BCUT2D eigenvalue weighted by Crippen LogP contribution is 2.34. The predicted molar refractivity (Wildman–Crippen MR) is 111 cm³/mol. The average Bonchev–Trinajstić information content (AvgIpc) is 3.06. The molecule has 6 nitrogen and oxygen atoms in total. The molecule has 0 spiro atoms. The summed E-state index contributed by atoms with van der Waals surface area (Å²) in [5.41, 5.74) is 2.98. The van der Waals surface area contributed by atoms with E-state index in [0.717, 1.165) is 17.5 Å². The second-order valence-electron chi connectivity index (χ2n) is 7.31. The number of aromatic nitrogens is 4. The molecule has 3 heterocycles. The lowest BCUT2D eigenvalue weighted by atomic mass is 9.98. The van der Waals surface area contributed by atoms with Gasteiger partial charge >= 0.3 is 0 Å². The molecular formula is C22H19F2N5O. The number of hydrogen-bond acceptors (Lipinski definition) is 5. The number of benzene rings is 1. The highest BCUT2D eigenvalue weighted by atomic mass is 19.1. The molecule has 30 heavy (non-hydrogen) atoms. The first-order valence-corrected chi connectivity index (χ1v) is 9.40. The Hall–Kier alpha value is -3.68. The van der Waals surface area contributed by atoms with Crippen LogP contribution in [0, 0.1) is 18.6 Å². The van der Waals surface area contributed by atoms with Crippen molar-refractivity contribution in [2.75, 3.05) is 5.32 Å². The number of nitrogens with zero attached hydrogens (tertiary/aromatic N) is 3. The van der Waals surface area contributed by atoms with Crippen LogP contribution in [0.3, 0.4) is 0 Å². The first-order chi connectivity index (χ1) is 14.4. The summed E-state index contributed by atoms with van der Waals surface area (Å²) < 4.78 is 29.3. The SMILES string of the molecule is Cc1[nH]c2c(F)cc(-c3nc(Nc4ccc(C=O)cn4)ncc3F)cc2c1C(C)C. The maximum atomic E-state index is 14.8. The predicted octanol–water partition coefficient (Wildman–Crippen LogP) is 5.29. The number of aromatic amines is 1. The summed E-state index contributed by atoms with van der Waals surface area (Å²) in [6.07, 6.45) is 3.10. The van der Waals surface area contributed by atoms with Gasteiger partial charge in [0.2, 0.25) is 5.95 Å². The van der Waals surface area contributed by atoms with E-state index in [4.69, 9.17) is 0 Å². The number of fused-ring (bicyclic) bond motifs is 1. The number of anilines is 2. The van der Waals surface area contributed by atoms with Crippen molar-refractivity contribution in [1.29, 1.82) is 0 Å². The molecule has 0 amide bonds. The molecule has 0 saturated carbocycles. The minimum atomic E-state index is -0.665. The molecule has 3 aromatic heterocycles. The molecule has 8 heteroatoms. The molecule has 0 radical (unpaired) electrons. The van der Waals surface area contributed by atoms with Crippen molar-refractivity contribution in [3.8, 4) is 11.3 Å². The van der Waals surface area contributed by atoms with Crippen LogP contribution in [-0.2, 0) is 0 Å². The molecule has 0 aliphatic carbocycles. The number of halogens is 2. The normalized spacial score (nSPS) is 11.3. The molecule has 4 aromatic rings. The van der Waals surface area contributed by atoms with Crippen molar-refractivity contribution in [3.63, 3.8) is 0 Å². The monoisotopic (exact) mass is 407 g/mol. The quantitative estimate of drug-likeness (QED) is 0.440. The highest BCUT2D eigenvalue weighted by molar-refractivity contribution is 5.89. The van der Waals surface area contributed by atoms with Gasteiger partial charge in [0.15, 0.2) is 12.1 Å². The Morgan fingerprint density at radius 3 is 2.57 bits per heavy atom. The minimum absolute atomic E-state index is 0.0219. The van der Waals surface area contributed by atoms with E-state index in [1.54, 1.807) is 18.2 Å². The van der Waals surface area contributed by atoms with Crippen molar-refractivity contribution in [2.45, 2.75) is 26.7 Å². The van der Waals surface area contributed by atoms with Gasteiger partial charge in [-0.1, -0.05) is 13.8 Å². The lowest BCUT2D eigenvalue weighted by molar-refractivity contribution is 0.112. The molecular weight excluding hydrogens is 388 g/mol. The first-order valence-electron chi connectivity index (χ1n) is 9.40. The van der Waals surface area contributed by atoms with Gasteiger partial charge in [-0.05, 0) is 42.7 Å². The van der Waals surface area contributed by atoms with Gasteiger partial charge in [0, 0.05) is 28.4 Å². The van der Waals surface area contributed by atoms with E-state index in [9.17, 15) is 13.6 Å². The summed E-state index contributed by atoms with van der Waals surface area (Å²) in [6.45, 7) is 5.94. The number of pyridine rings is 1. The van der Waals surface area contributed by atoms with Gasteiger partial charge in [-0.25, -0.2) is 23.7 Å². The average molecular weight is 407 g/mol. The number of H-pyrrole nitrogens is 1. The zero-order valence-electron chi connectivity index (χ0n) is 16.6. The van der Waals surface area contributed by atoms with E-state index >= 15 is 0 Å². The molecule has 0 atom stereocenters. The number of aldehydes is 1. The highest BCUT2D eigenvalue weighted by Gasteiger charge is 2.18. The lowest BCUT2D eigenvalue weighted by Gasteiger charge is -2.09. The van der Waals surface area contributed by atoms with E-state index in [2.05, 4.69) is 25.3 Å². The Bertz CT molecular complexity index is 1250. The topological polar surface area (TPSA) is 83.6 Å². The Labute approximate surface area is 171 Å². The van der Waals surface area contributed by atoms with Crippen LogP contribution in [0.5, 0.6) is 0 Å². The third-order valence-corrected chi connectivity index (χ3v) is 4.85. The van der Waals surface area contributed by atoms with Gasteiger partial charge in [0.1, 0.15) is 17.3 Å². The Balaban J connectivity index is 1.78. The summed E-state index contributed by atoms with van der Waals surface area (Å²) in [5, 5.41) is 3.57. The van der Waals surface area contributed by atoms with Gasteiger partial charge in [0.05, 0.1) is 11.7 Å². The molecule has 0 aliphatic heterocycles. The van der Waals surface area contributed by atoms with Gasteiger partial charge in [-0.3, -0.25) is 4.79 Å². The molecule has 0 bridgehead atoms. The fraction of sp³-hybridized carbons (Fsp3) is 0.182. The van der Waals surface area contributed by atoms with Gasteiger partial charge in [0.25, 0.3) is 0 Å². The Morgan fingerprint density at radius 2 is 1.90 bits per heavy atom. The van der Waals surface area contributed by atoms with Crippen LogP contribution in [0.1, 0.15) is 41.4 Å². The fourth-order valence-corrected chi connectivity index (χ4v) is 3.58. The number of rotatable bonds is 5. The third kappa shape index (κ3) is 3.52. The number of carbonyl (C=O) groups excluding carboxylic acids is 1. The van der Waals surface area contributed by atoms with Crippen molar-refractivity contribution in [2.24, 2.45) is 0 Å². The van der Waals surface area contributed by atoms with Crippen LogP contribution in [0.2, 0.25) is 0 Å². The second kappa shape index (κ2) is 7.62. The van der Waals surface area contributed by atoms with Crippen LogP contribution in [0.4, 0.5) is 20.5 Å². The molecule has 2 N–H and O–H groups in total. The fourth-order valence-electron chi connectivity index (χ4n) is 3.58. The van der Waals surface area contributed by atoms with Crippen LogP contribution in [0.25, 0.3) is 22.2 Å². The summed E-state index contributed by atoms with van der Waals surface area (Å²) in [4.78, 5) is 26.1. The van der Waals surface area contributed by atoms with E-state index in [1.807, 2.05) is 20.8 Å². The maximum Gasteiger partial charge on any atom is 0.229 e. The van der Waals surface area contributed by atoms with Gasteiger partial charge < -0.3 is 10.3 Å². The summed E-state index contributed by atoms with van der Waals surface area (Å²) >= 11 is 0. The van der Waals surface area contributed by atoms with Crippen LogP contribution in [-0.4, -0.2) is 26.2 Å². The molecule has 0 unspecified atom stereocenters. The second-order valence-corrected chi connectivity index (χ2v) is 7.31. The van der Waals surface area contributed by atoms with Crippen LogP contribution >= 0.6 is 0 Å². The van der Waals surface area contributed by atoms with Gasteiger partial charge in [-0.2, -0.15) is 0 Å². The summed E-state index contributed by atoms with van der Waals surface area (Å²) in [6, 6.07) is 6.16. The van der Waals surface area contributed by atoms with Gasteiger partial charge in [-0.15, -0.1) is 0 Å². The summed E-state index contributed by atoms with van der Waals surface area (Å²) in [5.74, 6) is -0.477. The van der Waals surface area contributed by atoms with Crippen molar-refractivity contribution >= 4 is 29.0 Å². The van der Waals surface area contributed by atoms with Crippen LogP contribution < -0.4 is 5.32 Å². The standard InChI is InChI=1S/C22H19F2N5O/c1-11(2)19-12(3)27-21-15(19)6-14(7-16(21)23)20-17(24)9-26-22(29-20)28-18-5-4-13(10-30)8-25-18/h4-11,27H,1-3H3,(H,25,26,28,29). The molecule has 1 aromatic carbocycles. The number of hydrogen-bond donors (Lipinski definition) is 2. The molecule has 0 fully saturated rings. The molecule has 152 valence electrons. The molecule has 0 saturated heterocycles. The molecule has 4 rings (SSSR count). The number of carbonyl (C=O) groups is 1. The minimum Gasteiger partial charge on any atom is -0.356 e. The Morgan fingerprint density at radius 1 is 1.10 bits per heavy atom. The summed E-state index contributed by atoms with van der Waals surface area (Å²) in [7, 11) is 0. The van der Waals surface area contributed by atoms with Crippen molar-refractivity contribution in [3.05, 3.63) is 65.1 Å². The number of nitrogens with one attached hydrogen (secondary N) is 2. The van der Waals surface area contributed by atoms with Crippen LogP contribution in [0.15, 0.2) is 36.7 Å². The molecule has 0 aliphatic rings. The number of aryl methyl sites for hydroxylation is 1. The van der Waals surface area contributed by atoms with Crippen molar-refractivity contribution < 1.29 is 13.6 Å². The third-order valence-electron chi connectivity index (χ3n) is 4.85. The van der Waals surface area contributed by atoms with E-state index < -0.39 is 11.6 Å². The van der Waals surface area contributed by atoms with Crippen molar-refractivity contribution in [1.82, 2.24) is 19.9 Å². The zero-order chi connectivity index (χ0) is 21.4. The van der Waals surface area contributed by atoms with E-state index in [0.29, 0.717) is 34.1 Å².